The molecular formula is C24H29F2N3O6. The normalized spacial score (nSPS) is 17.1. The quantitative estimate of drug-likeness (QED) is 0.487. The minimum atomic E-state index is -2.65. The molecule has 1 heterocycles. The molecule has 1 fully saturated rings. The van der Waals surface area contributed by atoms with Crippen LogP contribution in [0.2, 0.25) is 0 Å². The number of alkyl halides is 2. The zero-order chi connectivity index (χ0) is 25.8. The number of carbonyl (C=O) groups is 2. The number of aromatic nitrogens is 1. The van der Waals surface area contributed by atoms with Gasteiger partial charge in [0.05, 0.1) is 18.6 Å². The summed E-state index contributed by atoms with van der Waals surface area (Å²) in [5, 5.41) is 5.13. The number of H-pyrrole nitrogens is 1. The molecule has 1 aliphatic carbocycles. The zero-order valence-electron chi connectivity index (χ0n) is 19.9. The number of aromatic amines is 1. The Hall–Kier alpha value is -3.63. The van der Waals surface area contributed by atoms with Crippen LogP contribution in [0.3, 0.4) is 0 Å². The number of nitrogens with one attached hydrogen (secondary N) is 3. The minimum absolute atomic E-state index is 0.0126. The van der Waals surface area contributed by atoms with E-state index in [-0.39, 0.29) is 42.8 Å². The smallest absolute Gasteiger partial charge is 0.407 e. The lowest BCUT2D eigenvalue weighted by molar-refractivity contribution is 0.0493. The molecule has 0 radical (unpaired) electrons. The van der Waals surface area contributed by atoms with E-state index in [9.17, 15) is 23.2 Å². The first kappa shape index (κ1) is 26.0. The van der Waals surface area contributed by atoms with E-state index in [1.165, 1.54) is 36.5 Å². The van der Waals surface area contributed by atoms with E-state index in [0.717, 1.165) is 0 Å². The van der Waals surface area contributed by atoms with E-state index in [1.54, 1.807) is 27.7 Å². The highest BCUT2D eigenvalue weighted by molar-refractivity contribution is 6.04. The van der Waals surface area contributed by atoms with Gasteiger partial charge in [-0.2, -0.15) is 0 Å². The summed E-state index contributed by atoms with van der Waals surface area (Å²) < 4.78 is 41.8. The monoisotopic (exact) mass is 493 g/mol. The highest BCUT2D eigenvalue weighted by Crippen LogP contribution is 2.48. The zero-order valence-corrected chi connectivity index (χ0v) is 19.9. The number of rotatable bonds is 9. The Bertz CT molecular complexity index is 1110. The number of hydrogen-bond acceptors (Lipinski definition) is 6. The van der Waals surface area contributed by atoms with Crippen molar-refractivity contribution in [3.63, 3.8) is 0 Å². The molecule has 0 spiro atoms. The van der Waals surface area contributed by atoms with Gasteiger partial charge in [-0.1, -0.05) is 0 Å². The van der Waals surface area contributed by atoms with Crippen LogP contribution >= 0.6 is 0 Å². The Morgan fingerprint density at radius 3 is 2.43 bits per heavy atom. The number of pyridine rings is 1. The van der Waals surface area contributed by atoms with Gasteiger partial charge in [0.2, 0.25) is 5.43 Å². The van der Waals surface area contributed by atoms with Gasteiger partial charge in [-0.25, -0.2) is 13.6 Å². The summed E-state index contributed by atoms with van der Waals surface area (Å²) in [5.74, 6) is -3.41. The van der Waals surface area contributed by atoms with E-state index in [1.807, 2.05) is 0 Å². The van der Waals surface area contributed by atoms with E-state index in [2.05, 4.69) is 15.6 Å². The number of anilines is 1. The van der Waals surface area contributed by atoms with Crippen molar-refractivity contribution in [1.82, 2.24) is 10.3 Å². The fourth-order valence-electron chi connectivity index (χ4n) is 2.94. The second kappa shape index (κ2) is 10.3. The lowest BCUT2D eigenvalue weighted by atomic mass is 10.2. The predicted molar refractivity (Wildman–Crippen MR) is 124 cm³/mol. The van der Waals surface area contributed by atoms with Gasteiger partial charge in [-0.05, 0) is 52.0 Å². The average Bonchev–Trinajstić information content (AvgIpc) is 3.37. The number of halogens is 2. The van der Waals surface area contributed by atoms with Crippen molar-refractivity contribution in [3.8, 4) is 11.6 Å². The average molecular weight is 494 g/mol. The van der Waals surface area contributed by atoms with Crippen LogP contribution in [0.1, 0.15) is 44.5 Å². The number of carbonyl (C=O) groups excluding carboxylic acids is 2. The number of amides is 2. The largest absolute Gasteiger partial charge is 0.493 e. The Kier molecular flexibility index (Phi) is 7.67. The second-order valence-corrected chi connectivity index (χ2v) is 9.39. The van der Waals surface area contributed by atoms with Crippen LogP contribution in [0.4, 0.5) is 19.3 Å². The van der Waals surface area contributed by atoms with Crippen LogP contribution in [0, 0.1) is 5.92 Å². The molecule has 0 saturated heterocycles. The summed E-state index contributed by atoms with van der Waals surface area (Å²) in [7, 11) is 0. The molecular weight excluding hydrogens is 464 g/mol. The molecule has 190 valence electrons. The first-order chi connectivity index (χ1) is 16.3. The molecule has 11 heteroatoms. The molecule has 3 rings (SSSR count). The van der Waals surface area contributed by atoms with E-state index in [4.69, 9.17) is 14.2 Å². The predicted octanol–water partition coefficient (Wildman–Crippen LogP) is 3.95. The van der Waals surface area contributed by atoms with Crippen molar-refractivity contribution in [2.24, 2.45) is 5.92 Å². The number of benzene rings is 1. The minimum Gasteiger partial charge on any atom is -0.493 e. The third-order valence-corrected chi connectivity index (χ3v) is 4.91. The SMILES string of the molecule is C[C@@H](COc1cc(=O)c(NC(=O)c2ccc(OC[C@H]3CC3(F)F)cc2)c[nH]1)NC(=O)OC(C)(C)C. The third kappa shape index (κ3) is 7.97. The molecule has 2 amide bonds. The Morgan fingerprint density at radius 2 is 1.86 bits per heavy atom. The molecule has 9 nitrogen and oxygen atoms in total. The molecule has 2 atom stereocenters. The maximum absolute atomic E-state index is 12.9. The summed E-state index contributed by atoms with van der Waals surface area (Å²) >= 11 is 0. The van der Waals surface area contributed by atoms with E-state index >= 15 is 0 Å². The van der Waals surface area contributed by atoms with Gasteiger partial charge in [0.1, 0.15) is 23.6 Å². The lowest BCUT2D eigenvalue weighted by Gasteiger charge is -2.22. The highest BCUT2D eigenvalue weighted by atomic mass is 19.3. The van der Waals surface area contributed by atoms with Crippen molar-refractivity contribution in [3.05, 3.63) is 52.3 Å². The van der Waals surface area contributed by atoms with Gasteiger partial charge in [0, 0.05) is 24.2 Å². The lowest BCUT2D eigenvalue weighted by Crippen LogP contribution is -2.40. The van der Waals surface area contributed by atoms with Gasteiger partial charge in [-0.3, -0.25) is 9.59 Å². The summed E-state index contributed by atoms with van der Waals surface area (Å²) in [5.41, 5.74) is -0.831. The molecule has 0 aliphatic heterocycles. The van der Waals surface area contributed by atoms with E-state index in [0.29, 0.717) is 5.75 Å². The van der Waals surface area contributed by atoms with Crippen molar-refractivity contribution in [1.29, 1.82) is 0 Å². The van der Waals surface area contributed by atoms with Crippen LogP contribution in [0.15, 0.2) is 41.3 Å². The standard InChI is InChI=1S/C24H29F2N3O6/c1-14(28-22(32)35-23(2,3)4)12-34-20-9-19(30)18(11-27-20)29-21(31)15-5-7-17(8-6-15)33-13-16-10-24(16,25)26/h5-9,11,14,16H,10,12-13H2,1-4H3,(H,27,30)(H,28,32)(H,29,31)/t14-,16+/m0/s1. The van der Waals surface area contributed by atoms with Gasteiger partial charge < -0.3 is 29.8 Å². The van der Waals surface area contributed by atoms with Gasteiger partial charge in [0.15, 0.2) is 5.88 Å². The van der Waals surface area contributed by atoms with Crippen molar-refractivity contribution in [2.75, 3.05) is 18.5 Å². The van der Waals surface area contributed by atoms with Crippen LogP contribution in [0.25, 0.3) is 0 Å². The summed E-state index contributed by atoms with van der Waals surface area (Å²) in [6, 6.07) is 6.74. The first-order valence-corrected chi connectivity index (χ1v) is 11.1. The van der Waals surface area contributed by atoms with Gasteiger partial charge in [-0.15, -0.1) is 0 Å². The molecule has 35 heavy (non-hydrogen) atoms. The summed E-state index contributed by atoms with van der Waals surface area (Å²) in [6.45, 7) is 6.97. The van der Waals surface area contributed by atoms with Crippen LogP contribution in [0.5, 0.6) is 11.6 Å². The van der Waals surface area contributed by atoms with Crippen molar-refractivity contribution in [2.45, 2.75) is 51.7 Å². The summed E-state index contributed by atoms with van der Waals surface area (Å²) in [6.07, 6.45) is 0.548. The number of hydrogen-bond donors (Lipinski definition) is 3. The van der Waals surface area contributed by atoms with Gasteiger partial charge >= 0.3 is 6.09 Å². The Balaban J connectivity index is 1.48. The molecule has 1 aromatic carbocycles. The van der Waals surface area contributed by atoms with Crippen molar-refractivity contribution < 1.29 is 32.6 Å². The molecule has 0 unspecified atom stereocenters. The molecule has 3 N–H and O–H groups in total. The van der Waals surface area contributed by atoms with Crippen LogP contribution in [-0.4, -0.2) is 47.8 Å². The maximum atomic E-state index is 12.9. The van der Waals surface area contributed by atoms with Gasteiger partial charge in [0.25, 0.3) is 11.8 Å². The maximum Gasteiger partial charge on any atom is 0.407 e. The number of alkyl carbamates (subject to hydrolysis) is 1. The fourth-order valence-corrected chi connectivity index (χ4v) is 2.94. The number of ether oxygens (including phenoxy) is 3. The Morgan fingerprint density at radius 1 is 1.20 bits per heavy atom. The first-order valence-electron chi connectivity index (χ1n) is 11.1. The molecule has 1 saturated carbocycles. The second-order valence-electron chi connectivity index (χ2n) is 9.39. The fraction of sp³-hybridized carbons (Fsp3) is 0.458. The topological polar surface area (TPSA) is 119 Å². The third-order valence-electron chi connectivity index (χ3n) is 4.91. The van der Waals surface area contributed by atoms with Crippen LogP contribution in [-0.2, 0) is 4.74 Å². The molecule has 2 aromatic rings. The molecule has 1 aliphatic rings. The summed E-state index contributed by atoms with van der Waals surface area (Å²) in [4.78, 5) is 39.4. The van der Waals surface area contributed by atoms with Crippen LogP contribution < -0.4 is 25.5 Å². The molecule has 1 aromatic heterocycles. The van der Waals surface area contributed by atoms with E-state index < -0.39 is 34.9 Å². The highest BCUT2D eigenvalue weighted by Gasteiger charge is 2.57. The van der Waals surface area contributed by atoms with Crippen molar-refractivity contribution >= 4 is 17.7 Å². The Labute approximate surface area is 201 Å². The molecule has 0 bridgehead atoms.